The largest absolute Gasteiger partial charge is 0.381 e. The molecule has 1 aliphatic heterocycles. The lowest BCUT2D eigenvalue weighted by molar-refractivity contribution is 0.0501. The molecular formula is C14H19Cl2NO. The molecule has 0 bridgehead atoms. The van der Waals surface area contributed by atoms with Crippen molar-refractivity contribution in [2.45, 2.75) is 25.2 Å². The van der Waals surface area contributed by atoms with Gasteiger partial charge < -0.3 is 10.1 Å². The molecule has 1 aliphatic rings. The van der Waals surface area contributed by atoms with E-state index in [0.717, 1.165) is 44.2 Å². The third-order valence-corrected chi connectivity index (χ3v) is 4.21. The molecule has 1 saturated heterocycles. The highest BCUT2D eigenvalue weighted by Gasteiger charge is 2.35. The second kappa shape index (κ2) is 6.25. The molecule has 0 unspecified atom stereocenters. The number of halogens is 2. The van der Waals surface area contributed by atoms with Crippen LogP contribution in [-0.2, 0) is 10.2 Å². The molecule has 18 heavy (non-hydrogen) atoms. The quantitative estimate of drug-likeness (QED) is 0.913. The van der Waals surface area contributed by atoms with E-state index in [0.29, 0.717) is 5.02 Å². The summed E-state index contributed by atoms with van der Waals surface area (Å²) in [6, 6.07) is 5.82. The minimum Gasteiger partial charge on any atom is -0.381 e. The zero-order valence-electron chi connectivity index (χ0n) is 10.6. The Morgan fingerprint density at radius 2 is 2.00 bits per heavy atom. The Bertz CT molecular complexity index is 403. The van der Waals surface area contributed by atoms with E-state index in [2.05, 4.69) is 18.3 Å². The zero-order chi connectivity index (χ0) is 13.0. The summed E-state index contributed by atoms with van der Waals surface area (Å²) in [5, 5.41) is 4.91. The highest BCUT2D eigenvalue weighted by molar-refractivity contribution is 6.35. The van der Waals surface area contributed by atoms with Crippen LogP contribution in [0.5, 0.6) is 0 Å². The lowest BCUT2D eigenvalue weighted by Crippen LogP contribution is -2.43. The summed E-state index contributed by atoms with van der Waals surface area (Å²) in [6.07, 6.45) is 2.00. The first-order valence-electron chi connectivity index (χ1n) is 6.42. The first kappa shape index (κ1) is 14.1. The van der Waals surface area contributed by atoms with Crippen LogP contribution in [-0.4, -0.2) is 26.3 Å². The van der Waals surface area contributed by atoms with Crippen molar-refractivity contribution >= 4 is 23.2 Å². The fraction of sp³-hybridized carbons (Fsp3) is 0.571. The molecule has 0 spiro atoms. The van der Waals surface area contributed by atoms with Crippen LogP contribution in [0.3, 0.4) is 0 Å². The van der Waals surface area contributed by atoms with Gasteiger partial charge in [-0.25, -0.2) is 0 Å². The summed E-state index contributed by atoms with van der Waals surface area (Å²) >= 11 is 12.4. The van der Waals surface area contributed by atoms with E-state index in [-0.39, 0.29) is 5.41 Å². The van der Waals surface area contributed by atoms with Gasteiger partial charge in [0.2, 0.25) is 0 Å². The lowest BCUT2D eigenvalue weighted by atomic mass is 9.74. The second-order valence-corrected chi connectivity index (χ2v) is 5.64. The van der Waals surface area contributed by atoms with Gasteiger partial charge in [-0.3, -0.25) is 0 Å². The Hall–Kier alpha value is -0.280. The van der Waals surface area contributed by atoms with Gasteiger partial charge in [0.15, 0.2) is 0 Å². The SMILES string of the molecule is CCNCC1(c2ccc(Cl)cc2Cl)CCOCC1. The maximum atomic E-state index is 6.38. The molecule has 0 atom stereocenters. The highest BCUT2D eigenvalue weighted by Crippen LogP contribution is 2.39. The number of benzene rings is 1. The number of hydrogen-bond acceptors (Lipinski definition) is 2. The first-order chi connectivity index (χ1) is 8.68. The molecule has 0 radical (unpaired) electrons. The van der Waals surface area contributed by atoms with Gasteiger partial charge in [0.05, 0.1) is 0 Å². The minimum atomic E-state index is 0.0793. The molecule has 1 N–H and O–H groups in total. The van der Waals surface area contributed by atoms with Gasteiger partial charge in [0.25, 0.3) is 0 Å². The van der Waals surface area contributed by atoms with E-state index in [9.17, 15) is 0 Å². The molecule has 0 aromatic heterocycles. The third-order valence-electron chi connectivity index (χ3n) is 3.67. The molecule has 0 amide bonds. The van der Waals surface area contributed by atoms with Crippen LogP contribution >= 0.6 is 23.2 Å². The average Bonchev–Trinajstić information content (AvgIpc) is 2.37. The van der Waals surface area contributed by atoms with Crippen molar-refractivity contribution in [3.05, 3.63) is 33.8 Å². The van der Waals surface area contributed by atoms with Gasteiger partial charge in [-0.15, -0.1) is 0 Å². The van der Waals surface area contributed by atoms with Crippen molar-refractivity contribution in [2.24, 2.45) is 0 Å². The molecule has 1 aromatic rings. The highest BCUT2D eigenvalue weighted by atomic mass is 35.5. The van der Waals surface area contributed by atoms with Gasteiger partial charge in [0.1, 0.15) is 0 Å². The number of rotatable bonds is 4. The molecule has 1 aromatic carbocycles. The lowest BCUT2D eigenvalue weighted by Gasteiger charge is -2.38. The number of likely N-dealkylation sites (N-methyl/N-ethyl adjacent to an activating group) is 1. The standard InChI is InChI=1S/C14H19Cl2NO/c1-2-17-10-14(5-7-18-8-6-14)12-4-3-11(15)9-13(12)16/h3-4,9,17H,2,5-8,10H2,1H3. The minimum absolute atomic E-state index is 0.0793. The topological polar surface area (TPSA) is 21.3 Å². The third kappa shape index (κ3) is 3.00. The van der Waals surface area contributed by atoms with Crippen LogP contribution in [0.15, 0.2) is 18.2 Å². The normalized spacial score (nSPS) is 18.8. The van der Waals surface area contributed by atoms with Crippen molar-refractivity contribution in [1.82, 2.24) is 5.32 Å². The van der Waals surface area contributed by atoms with Crippen LogP contribution in [0.25, 0.3) is 0 Å². The van der Waals surface area contributed by atoms with E-state index in [1.807, 2.05) is 12.1 Å². The van der Waals surface area contributed by atoms with Crippen LogP contribution < -0.4 is 5.32 Å². The van der Waals surface area contributed by atoms with Crippen LogP contribution in [0.4, 0.5) is 0 Å². The molecule has 1 fully saturated rings. The molecule has 1 heterocycles. The van der Waals surface area contributed by atoms with E-state index in [1.165, 1.54) is 5.56 Å². The van der Waals surface area contributed by atoms with Crippen molar-refractivity contribution < 1.29 is 4.74 Å². The van der Waals surface area contributed by atoms with Crippen LogP contribution in [0.1, 0.15) is 25.3 Å². The monoisotopic (exact) mass is 287 g/mol. The number of nitrogens with one attached hydrogen (secondary N) is 1. The van der Waals surface area contributed by atoms with Gasteiger partial charge in [-0.05, 0) is 37.1 Å². The van der Waals surface area contributed by atoms with Gasteiger partial charge in [-0.2, -0.15) is 0 Å². The maximum absolute atomic E-state index is 6.38. The number of ether oxygens (including phenoxy) is 1. The maximum Gasteiger partial charge on any atom is 0.0475 e. The molecule has 100 valence electrons. The number of hydrogen-bond donors (Lipinski definition) is 1. The van der Waals surface area contributed by atoms with Crippen molar-refractivity contribution in [3.8, 4) is 0 Å². The Morgan fingerprint density at radius 1 is 1.28 bits per heavy atom. The molecule has 0 saturated carbocycles. The fourth-order valence-electron chi connectivity index (χ4n) is 2.59. The van der Waals surface area contributed by atoms with Crippen LogP contribution in [0, 0.1) is 0 Å². The smallest absolute Gasteiger partial charge is 0.0475 e. The average molecular weight is 288 g/mol. The zero-order valence-corrected chi connectivity index (χ0v) is 12.2. The predicted molar refractivity (Wildman–Crippen MR) is 76.7 cm³/mol. The molecule has 2 nitrogen and oxygen atoms in total. The molecule has 2 rings (SSSR count). The summed E-state index contributed by atoms with van der Waals surface area (Å²) in [5.74, 6) is 0. The van der Waals surface area contributed by atoms with Crippen molar-refractivity contribution in [1.29, 1.82) is 0 Å². The Balaban J connectivity index is 2.32. The summed E-state index contributed by atoms with van der Waals surface area (Å²) < 4.78 is 5.49. The second-order valence-electron chi connectivity index (χ2n) is 4.80. The van der Waals surface area contributed by atoms with Gasteiger partial charge >= 0.3 is 0 Å². The van der Waals surface area contributed by atoms with Crippen LogP contribution in [0.2, 0.25) is 10.0 Å². The Kier molecular flexibility index (Phi) is 4.91. The Morgan fingerprint density at radius 3 is 2.61 bits per heavy atom. The van der Waals surface area contributed by atoms with E-state index in [4.69, 9.17) is 27.9 Å². The van der Waals surface area contributed by atoms with E-state index >= 15 is 0 Å². The predicted octanol–water partition coefficient (Wildman–Crippen LogP) is 3.65. The molecule has 4 heteroatoms. The van der Waals surface area contributed by atoms with Gasteiger partial charge in [-0.1, -0.05) is 36.2 Å². The summed E-state index contributed by atoms with van der Waals surface area (Å²) in [7, 11) is 0. The van der Waals surface area contributed by atoms with Gasteiger partial charge in [0, 0.05) is 35.2 Å². The molecule has 0 aliphatic carbocycles. The van der Waals surface area contributed by atoms with Crippen molar-refractivity contribution in [2.75, 3.05) is 26.3 Å². The van der Waals surface area contributed by atoms with E-state index < -0.39 is 0 Å². The van der Waals surface area contributed by atoms with E-state index in [1.54, 1.807) is 0 Å². The Labute approximate surface area is 119 Å². The summed E-state index contributed by atoms with van der Waals surface area (Å²) in [4.78, 5) is 0. The molecular weight excluding hydrogens is 269 g/mol. The summed E-state index contributed by atoms with van der Waals surface area (Å²) in [5.41, 5.74) is 1.27. The summed E-state index contributed by atoms with van der Waals surface area (Å²) in [6.45, 7) is 5.62. The van der Waals surface area contributed by atoms with Crippen molar-refractivity contribution in [3.63, 3.8) is 0 Å². The fourth-order valence-corrected chi connectivity index (χ4v) is 3.20. The first-order valence-corrected chi connectivity index (χ1v) is 7.17.